The van der Waals surface area contributed by atoms with Crippen LogP contribution >= 0.6 is 15.9 Å². The molecule has 1 aromatic rings. The molecule has 1 rings (SSSR count). The number of aliphatic hydroxyl groups excluding tert-OH is 1. The average molecular weight is 261 g/mol. The molecule has 3 N–H and O–H groups in total. The van der Waals surface area contributed by atoms with Crippen molar-refractivity contribution in [3.8, 4) is 0 Å². The molecule has 0 bridgehead atoms. The van der Waals surface area contributed by atoms with Crippen LogP contribution in [0, 0.1) is 0 Å². The van der Waals surface area contributed by atoms with Crippen molar-refractivity contribution in [1.82, 2.24) is 4.98 Å². The lowest BCUT2D eigenvalue weighted by Crippen LogP contribution is -2.11. The van der Waals surface area contributed by atoms with Crippen molar-refractivity contribution < 1.29 is 15.0 Å². The number of nitrogens with zero attached hydrogens (tertiary/aromatic N) is 1. The van der Waals surface area contributed by atoms with Crippen LogP contribution in [0.3, 0.4) is 0 Å². The maximum Gasteiger partial charge on any atom is 0.409 e. The number of carbonyl (C=O) groups is 1. The van der Waals surface area contributed by atoms with E-state index in [0.717, 1.165) is 0 Å². The molecule has 6 heteroatoms. The molecular weight excluding hydrogens is 252 g/mol. The Morgan fingerprint density at radius 2 is 2.36 bits per heavy atom. The highest BCUT2D eigenvalue weighted by Gasteiger charge is 2.06. The van der Waals surface area contributed by atoms with E-state index >= 15 is 0 Å². The smallest absolute Gasteiger partial charge is 0.409 e. The van der Waals surface area contributed by atoms with Crippen LogP contribution in [0.2, 0.25) is 0 Å². The van der Waals surface area contributed by atoms with E-state index in [-0.39, 0.29) is 6.61 Å². The number of aromatic nitrogens is 1. The second-order valence-corrected chi connectivity index (χ2v) is 3.47. The number of rotatable bonds is 3. The fraction of sp³-hybridized carbons (Fsp3) is 0.250. The molecule has 0 unspecified atom stereocenters. The van der Waals surface area contributed by atoms with Crippen LogP contribution in [0.4, 0.5) is 10.5 Å². The minimum atomic E-state index is -1.15. The lowest BCUT2D eigenvalue weighted by molar-refractivity contribution is 0.209. The highest BCUT2D eigenvalue weighted by atomic mass is 79.9. The van der Waals surface area contributed by atoms with E-state index in [1.807, 2.05) is 0 Å². The number of amides is 1. The van der Waals surface area contributed by atoms with Gasteiger partial charge in [-0.1, -0.05) is 0 Å². The Hall–Kier alpha value is -1.14. The molecule has 0 aliphatic carbocycles. The van der Waals surface area contributed by atoms with Gasteiger partial charge in [-0.2, -0.15) is 0 Å². The quantitative estimate of drug-likeness (QED) is 0.769. The SMILES string of the molecule is O=C(O)Nc1cc(Br)cnc1CCO. The Bertz CT molecular complexity index is 343. The van der Waals surface area contributed by atoms with Crippen LogP contribution in [0.1, 0.15) is 5.69 Å². The van der Waals surface area contributed by atoms with E-state index in [4.69, 9.17) is 10.2 Å². The van der Waals surface area contributed by atoms with Crippen molar-refractivity contribution in [3.05, 3.63) is 22.4 Å². The molecule has 5 nitrogen and oxygen atoms in total. The summed E-state index contributed by atoms with van der Waals surface area (Å²) in [4.78, 5) is 14.4. The summed E-state index contributed by atoms with van der Waals surface area (Å²) in [6.45, 7) is -0.0665. The summed E-state index contributed by atoms with van der Waals surface area (Å²) >= 11 is 3.18. The molecule has 0 fully saturated rings. The second kappa shape index (κ2) is 4.92. The summed E-state index contributed by atoms with van der Waals surface area (Å²) in [5, 5.41) is 19.5. The molecule has 1 heterocycles. The van der Waals surface area contributed by atoms with Gasteiger partial charge >= 0.3 is 6.09 Å². The zero-order valence-corrected chi connectivity index (χ0v) is 8.78. The van der Waals surface area contributed by atoms with Crippen molar-refractivity contribution in [2.24, 2.45) is 0 Å². The molecule has 1 amide bonds. The molecule has 0 spiro atoms. The number of anilines is 1. The van der Waals surface area contributed by atoms with E-state index in [9.17, 15) is 4.79 Å². The van der Waals surface area contributed by atoms with Crippen LogP contribution in [0.15, 0.2) is 16.7 Å². The van der Waals surface area contributed by atoms with Gasteiger partial charge in [0.15, 0.2) is 0 Å². The van der Waals surface area contributed by atoms with Crippen molar-refractivity contribution >= 4 is 27.7 Å². The van der Waals surface area contributed by atoms with Crippen LogP contribution in [-0.2, 0) is 6.42 Å². The molecule has 0 saturated heterocycles. The monoisotopic (exact) mass is 260 g/mol. The standard InChI is InChI=1S/C8H9BrN2O3/c9-5-3-7(11-8(13)14)6(1-2-12)10-4-5/h3-4,11-12H,1-2H2,(H,13,14). The number of nitrogens with one attached hydrogen (secondary N) is 1. The Morgan fingerprint density at radius 1 is 1.64 bits per heavy atom. The van der Waals surface area contributed by atoms with E-state index in [1.165, 1.54) is 0 Å². The lowest BCUT2D eigenvalue weighted by Gasteiger charge is -2.06. The molecule has 0 atom stereocenters. The first-order valence-corrected chi connectivity index (χ1v) is 4.68. The molecule has 0 radical (unpaired) electrons. The molecule has 76 valence electrons. The first-order valence-electron chi connectivity index (χ1n) is 3.88. The maximum absolute atomic E-state index is 10.4. The Morgan fingerprint density at radius 3 is 2.93 bits per heavy atom. The van der Waals surface area contributed by atoms with E-state index in [0.29, 0.717) is 22.3 Å². The maximum atomic E-state index is 10.4. The molecule has 0 aliphatic heterocycles. The summed E-state index contributed by atoms with van der Waals surface area (Å²) in [5.41, 5.74) is 0.916. The van der Waals surface area contributed by atoms with E-state index < -0.39 is 6.09 Å². The zero-order valence-electron chi connectivity index (χ0n) is 7.20. The molecule has 14 heavy (non-hydrogen) atoms. The summed E-state index contributed by atoms with van der Waals surface area (Å²) < 4.78 is 0.683. The van der Waals surface area contributed by atoms with Gasteiger partial charge in [0, 0.05) is 23.7 Å². The van der Waals surface area contributed by atoms with Gasteiger partial charge in [-0.25, -0.2) is 4.79 Å². The number of halogens is 1. The first-order chi connectivity index (χ1) is 6.63. The minimum Gasteiger partial charge on any atom is -0.465 e. The van der Waals surface area contributed by atoms with Gasteiger partial charge < -0.3 is 10.2 Å². The molecular formula is C8H9BrN2O3. The molecule has 0 saturated carbocycles. The van der Waals surface area contributed by atoms with Gasteiger partial charge in [-0.05, 0) is 22.0 Å². The van der Waals surface area contributed by atoms with Crippen molar-refractivity contribution in [2.75, 3.05) is 11.9 Å². The summed E-state index contributed by atoms with van der Waals surface area (Å²) in [6.07, 6.45) is 0.727. The predicted octanol–water partition coefficient (Wildman–Crippen LogP) is 1.47. The fourth-order valence-electron chi connectivity index (χ4n) is 0.996. The van der Waals surface area contributed by atoms with Gasteiger partial charge in [0.25, 0.3) is 0 Å². The largest absolute Gasteiger partial charge is 0.465 e. The van der Waals surface area contributed by atoms with E-state index in [1.54, 1.807) is 12.3 Å². The number of carboxylic acid groups (broad SMARTS) is 1. The van der Waals surface area contributed by atoms with Crippen LogP contribution < -0.4 is 5.32 Å². The zero-order chi connectivity index (χ0) is 10.6. The minimum absolute atomic E-state index is 0.0665. The number of hydrogen-bond donors (Lipinski definition) is 3. The second-order valence-electron chi connectivity index (χ2n) is 2.55. The van der Waals surface area contributed by atoms with E-state index in [2.05, 4.69) is 26.2 Å². The third-order valence-corrected chi connectivity index (χ3v) is 1.96. The third-order valence-electron chi connectivity index (χ3n) is 1.53. The topological polar surface area (TPSA) is 82.5 Å². The predicted molar refractivity (Wildman–Crippen MR) is 54.4 cm³/mol. The van der Waals surface area contributed by atoms with Gasteiger partial charge in [0.05, 0.1) is 11.4 Å². The average Bonchev–Trinajstić information content (AvgIpc) is 2.09. The van der Waals surface area contributed by atoms with Crippen LogP contribution in [0.5, 0.6) is 0 Å². The fourth-order valence-corrected chi connectivity index (χ4v) is 1.33. The van der Waals surface area contributed by atoms with Gasteiger partial charge in [0.2, 0.25) is 0 Å². The Labute approximate surface area is 88.9 Å². The summed E-state index contributed by atoms with van der Waals surface area (Å²) in [6, 6.07) is 1.60. The van der Waals surface area contributed by atoms with Crippen molar-refractivity contribution in [1.29, 1.82) is 0 Å². The van der Waals surface area contributed by atoms with Crippen LogP contribution in [0.25, 0.3) is 0 Å². The number of aliphatic hydroxyl groups is 1. The Balaban J connectivity index is 2.96. The molecule has 0 aromatic carbocycles. The number of hydrogen-bond acceptors (Lipinski definition) is 3. The Kier molecular flexibility index (Phi) is 3.84. The summed E-state index contributed by atoms with van der Waals surface area (Å²) in [5.74, 6) is 0. The third kappa shape index (κ3) is 2.97. The first kappa shape index (κ1) is 10.9. The van der Waals surface area contributed by atoms with Crippen LogP contribution in [-0.4, -0.2) is 27.9 Å². The van der Waals surface area contributed by atoms with Crippen molar-refractivity contribution in [3.63, 3.8) is 0 Å². The molecule has 0 aliphatic rings. The highest BCUT2D eigenvalue weighted by Crippen LogP contribution is 2.19. The lowest BCUT2D eigenvalue weighted by atomic mass is 10.2. The summed E-state index contributed by atoms with van der Waals surface area (Å²) in [7, 11) is 0. The highest BCUT2D eigenvalue weighted by molar-refractivity contribution is 9.10. The number of pyridine rings is 1. The van der Waals surface area contributed by atoms with Gasteiger partial charge in [-0.3, -0.25) is 10.3 Å². The van der Waals surface area contributed by atoms with Crippen molar-refractivity contribution in [2.45, 2.75) is 6.42 Å². The molecule has 1 aromatic heterocycles. The van der Waals surface area contributed by atoms with Gasteiger partial charge in [-0.15, -0.1) is 0 Å². The van der Waals surface area contributed by atoms with Gasteiger partial charge in [0.1, 0.15) is 0 Å². The normalized spacial score (nSPS) is 9.86.